The van der Waals surface area contributed by atoms with Crippen LogP contribution >= 0.6 is 0 Å². The average molecular weight is 307 g/mol. The Labute approximate surface area is 118 Å². The molecule has 0 aromatic carbocycles. The highest BCUT2D eigenvalue weighted by Crippen LogP contribution is 2.29. The maximum absolute atomic E-state index is 6.51. The predicted octanol–water partition coefficient (Wildman–Crippen LogP) is 4.18. The van der Waals surface area contributed by atoms with Gasteiger partial charge in [-0.25, -0.2) is 0 Å². The Kier molecular flexibility index (Phi) is 5.69. The van der Waals surface area contributed by atoms with Crippen molar-refractivity contribution >= 4 is 25.4 Å². The van der Waals surface area contributed by atoms with Crippen molar-refractivity contribution in [2.75, 3.05) is 0 Å². The van der Waals surface area contributed by atoms with Crippen LogP contribution in [0.1, 0.15) is 27.7 Å². The van der Waals surface area contributed by atoms with E-state index in [1.807, 2.05) is 0 Å². The van der Waals surface area contributed by atoms with Gasteiger partial charge in [-0.2, -0.15) is 0 Å². The Morgan fingerprint density at radius 2 is 1.22 bits per heavy atom. The molecule has 0 aliphatic carbocycles. The SMILES string of the molecule is C[SiH](OC(C)(C)[Si](C)(C)C)C(C)(C)O[Si](C)(C)C. The lowest BCUT2D eigenvalue weighted by molar-refractivity contribution is 0.113. The summed E-state index contributed by atoms with van der Waals surface area (Å²) >= 11 is 0. The van der Waals surface area contributed by atoms with Crippen molar-refractivity contribution < 1.29 is 8.85 Å². The van der Waals surface area contributed by atoms with Crippen LogP contribution in [0.2, 0.25) is 45.8 Å². The maximum atomic E-state index is 6.51. The Morgan fingerprint density at radius 3 is 1.50 bits per heavy atom. The van der Waals surface area contributed by atoms with Crippen molar-refractivity contribution in [1.29, 1.82) is 0 Å². The van der Waals surface area contributed by atoms with E-state index >= 15 is 0 Å². The minimum Gasteiger partial charge on any atom is -0.415 e. The van der Waals surface area contributed by atoms with Gasteiger partial charge in [0.1, 0.15) is 0 Å². The largest absolute Gasteiger partial charge is 0.415 e. The van der Waals surface area contributed by atoms with Crippen LogP contribution in [0.25, 0.3) is 0 Å². The van der Waals surface area contributed by atoms with Crippen molar-refractivity contribution in [3.8, 4) is 0 Å². The van der Waals surface area contributed by atoms with E-state index in [0.29, 0.717) is 0 Å². The molecule has 110 valence electrons. The summed E-state index contributed by atoms with van der Waals surface area (Å²) in [5, 5.41) is -0.0555. The van der Waals surface area contributed by atoms with Gasteiger partial charge in [0, 0.05) is 5.22 Å². The molecule has 5 heteroatoms. The van der Waals surface area contributed by atoms with Crippen molar-refractivity contribution in [3.63, 3.8) is 0 Å². The van der Waals surface area contributed by atoms with Gasteiger partial charge in [0.25, 0.3) is 0 Å². The van der Waals surface area contributed by atoms with Gasteiger partial charge in [-0.3, -0.25) is 0 Å². The molecule has 0 rings (SSSR count). The van der Waals surface area contributed by atoms with E-state index in [1.165, 1.54) is 0 Å². The molecule has 2 nitrogen and oxygen atoms in total. The highest BCUT2D eigenvalue weighted by Gasteiger charge is 2.42. The lowest BCUT2D eigenvalue weighted by atomic mass is 10.5. The molecule has 0 aromatic rings. The summed E-state index contributed by atoms with van der Waals surface area (Å²) in [7, 11) is -4.22. The predicted molar refractivity (Wildman–Crippen MR) is 90.0 cm³/mol. The van der Waals surface area contributed by atoms with E-state index in [4.69, 9.17) is 8.85 Å². The molecule has 0 fully saturated rings. The van der Waals surface area contributed by atoms with Crippen molar-refractivity contribution in [1.82, 2.24) is 0 Å². The molecule has 0 spiro atoms. The minimum absolute atomic E-state index is 0.0265. The van der Waals surface area contributed by atoms with Crippen molar-refractivity contribution in [3.05, 3.63) is 0 Å². The molecule has 0 bridgehead atoms. The van der Waals surface area contributed by atoms with Gasteiger partial charge in [-0.15, -0.1) is 0 Å². The second kappa shape index (κ2) is 5.52. The number of rotatable bonds is 6. The monoisotopic (exact) mass is 306 g/mol. The Balaban J connectivity index is 4.82. The van der Waals surface area contributed by atoms with Crippen LogP contribution in [-0.2, 0) is 8.85 Å². The second-order valence-electron chi connectivity index (χ2n) is 8.34. The normalized spacial score (nSPS) is 16.8. The third-order valence-electron chi connectivity index (χ3n) is 3.83. The molecule has 0 radical (unpaired) electrons. The van der Waals surface area contributed by atoms with E-state index in [1.54, 1.807) is 0 Å². The highest BCUT2D eigenvalue weighted by molar-refractivity contribution is 6.79. The van der Waals surface area contributed by atoms with Crippen LogP contribution in [0.4, 0.5) is 0 Å². The molecular weight excluding hydrogens is 272 g/mol. The summed E-state index contributed by atoms with van der Waals surface area (Å²) in [6.45, 7) is 25.1. The zero-order chi connectivity index (χ0) is 15.0. The summed E-state index contributed by atoms with van der Waals surface area (Å²) in [5.41, 5.74) is 0. The molecule has 0 N–H and O–H groups in total. The smallest absolute Gasteiger partial charge is 0.204 e. The quantitative estimate of drug-likeness (QED) is 0.685. The van der Waals surface area contributed by atoms with Crippen LogP contribution < -0.4 is 0 Å². The van der Waals surface area contributed by atoms with Crippen molar-refractivity contribution in [2.24, 2.45) is 0 Å². The standard InChI is InChI=1S/C13H34O2Si3/c1-12(2,15-18(9,10)11)16(5)14-13(3,4)17(6,7)8/h16H,1-11H3. The molecule has 0 amide bonds. The first-order valence-corrected chi connectivity index (χ1v) is 16.1. The van der Waals surface area contributed by atoms with E-state index in [2.05, 4.69) is 73.5 Å². The summed E-state index contributed by atoms with van der Waals surface area (Å²) in [4.78, 5) is 0. The lowest BCUT2D eigenvalue weighted by Crippen LogP contribution is -2.58. The van der Waals surface area contributed by atoms with Gasteiger partial charge >= 0.3 is 0 Å². The fourth-order valence-electron chi connectivity index (χ4n) is 1.63. The van der Waals surface area contributed by atoms with E-state index in [-0.39, 0.29) is 10.4 Å². The fraction of sp³-hybridized carbons (Fsp3) is 1.00. The van der Waals surface area contributed by atoms with Gasteiger partial charge < -0.3 is 8.85 Å². The first-order chi connectivity index (χ1) is 7.58. The molecule has 1 unspecified atom stereocenters. The number of hydrogen-bond donors (Lipinski definition) is 0. The van der Waals surface area contributed by atoms with Crippen LogP contribution in [0.5, 0.6) is 0 Å². The number of hydrogen-bond acceptors (Lipinski definition) is 2. The summed E-state index contributed by atoms with van der Waals surface area (Å²) in [6, 6.07) is 0. The molecule has 0 aliphatic heterocycles. The molecular formula is C13H34O2Si3. The lowest BCUT2D eigenvalue weighted by Gasteiger charge is -2.44. The molecule has 0 aliphatic rings. The van der Waals surface area contributed by atoms with Gasteiger partial charge in [0.15, 0.2) is 8.32 Å². The zero-order valence-electron chi connectivity index (χ0n) is 14.4. The maximum Gasteiger partial charge on any atom is 0.204 e. The first-order valence-electron chi connectivity index (χ1n) is 6.96. The van der Waals surface area contributed by atoms with Gasteiger partial charge in [-0.05, 0) is 53.9 Å². The Hall–Kier alpha value is 0.571. The molecule has 0 saturated heterocycles. The summed E-state index contributed by atoms with van der Waals surface area (Å²) in [5.74, 6) is 0. The average Bonchev–Trinajstić information content (AvgIpc) is 1.95. The van der Waals surface area contributed by atoms with Crippen LogP contribution in [0.15, 0.2) is 0 Å². The topological polar surface area (TPSA) is 18.5 Å². The van der Waals surface area contributed by atoms with Gasteiger partial charge in [0.2, 0.25) is 9.04 Å². The van der Waals surface area contributed by atoms with E-state index in [0.717, 1.165) is 0 Å². The molecule has 0 aromatic heterocycles. The molecule has 0 saturated carbocycles. The van der Waals surface area contributed by atoms with Crippen LogP contribution in [-0.4, -0.2) is 35.9 Å². The van der Waals surface area contributed by atoms with E-state index < -0.39 is 25.4 Å². The molecule has 1 atom stereocenters. The van der Waals surface area contributed by atoms with Crippen LogP contribution in [0, 0.1) is 0 Å². The van der Waals surface area contributed by atoms with Crippen molar-refractivity contribution in [2.45, 2.75) is 84.0 Å². The Morgan fingerprint density at radius 1 is 0.833 bits per heavy atom. The fourth-order valence-corrected chi connectivity index (χ4v) is 8.05. The third kappa shape index (κ3) is 5.69. The Bertz CT molecular complexity index is 275. The van der Waals surface area contributed by atoms with Gasteiger partial charge in [-0.1, -0.05) is 19.6 Å². The summed E-state index contributed by atoms with van der Waals surface area (Å²) < 4.78 is 12.8. The zero-order valence-corrected chi connectivity index (χ0v) is 17.5. The second-order valence-corrected chi connectivity index (χ2v) is 21.4. The van der Waals surface area contributed by atoms with Crippen LogP contribution in [0.3, 0.4) is 0 Å². The third-order valence-corrected chi connectivity index (χ3v) is 12.2. The molecule has 18 heavy (non-hydrogen) atoms. The molecule has 0 heterocycles. The van der Waals surface area contributed by atoms with Gasteiger partial charge in [0.05, 0.1) is 13.3 Å². The van der Waals surface area contributed by atoms with E-state index in [9.17, 15) is 0 Å². The summed E-state index contributed by atoms with van der Waals surface area (Å²) in [6.07, 6.45) is 0. The minimum atomic E-state index is -1.51. The first kappa shape index (κ1) is 18.6. The highest BCUT2D eigenvalue weighted by atomic mass is 28.4.